The monoisotopic (exact) mass is 333 g/mol. The van der Waals surface area contributed by atoms with Crippen molar-refractivity contribution in [2.24, 2.45) is 0 Å². The summed E-state index contributed by atoms with van der Waals surface area (Å²) >= 11 is 12.8. The van der Waals surface area contributed by atoms with Gasteiger partial charge in [0.15, 0.2) is 0 Å². The van der Waals surface area contributed by atoms with E-state index in [0.29, 0.717) is 10.6 Å². The molecule has 1 nitrogen and oxygen atoms in total. The number of allylic oxidation sites excluding steroid dienone is 1. The number of rotatable bonds is 1. The molecular weight excluding hydrogens is 329 g/mol. The highest BCUT2D eigenvalue weighted by Gasteiger charge is 2.07. The third-order valence-electron chi connectivity index (χ3n) is 1.66. The second-order valence-electron chi connectivity index (χ2n) is 2.67. The summed E-state index contributed by atoms with van der Waals surface area (Å²) in [5.41, 5.74) is 1.32. The SMILES string of the molecule is C/C(C#N)=C(/Cl)c1cc(Br)ccc1Br. The van der Waals surface area contributed by atoms with Crippen molar-refractivity contribution in [1.29, 1.82) is 5.26 Å². The van der Waals surface area contributed by atoms with Gasteiger partial charge in [0.2, 0.25) is 0 Å². The second kappa shape index (κ2) is 4.97. The van der Waals surface area contributed by atoms with Gasteiger partial charge in [-0.1, -0.05) is 43.5 Å². The maximum atomic E-state index is 8.71. The molecule has 0 amide bonds. The van der Waals surface area contributed by atoms with Crippen LogP contribution in [0.25, 0.3) is 5.03 Å². The van der Waals surface area contributed by atoms with E-state index in [4.69, 9.17) is 16.9 Å². The molecule has 0 radical (unpaired) electrons. The molecule has 0 aliphatic heterocycles. The van der Waals surface area contributed by atoms with E-state index in [2.05, 4.69) is 31.9 Å². The number of hydrogen-bond donors (Lipinski definition) is 0. The van der Waals surface area contributed by atoms with Gasteiger partial charge >= 0.3 is 0 Å². The third kappa shape index (κ3) is 2.60. The molecule has 0 N–H and O–H groups in total. The molecule has 0 spiro atoms. The first-order valence-electron chi connectivity index (χ1n) is 3.78. The van der Waals surface area contributed by atoms with E-state index in [1.807, 2.05) is 24.3 Å². The van der Waals surface area contributed by atoms with Crippen LogP contribution in [0.1, 0.15) is 12.5 Å². The molecule has 0 saturated heterocycles. The molecule has 0 saturated carbocycles. The lowest BCUT2D eigenvalue weighted by molar-refractivity contribution is 1.44. The molecule has 0 fully saturated rings. The lowest BCUT2D eigenvalue weighted by Gasteiger charge is -2.04. The van der Waals surface area contributed by atoms with Crippen molar-refractivity contribution in [1.82, 2.24) is 0 Å². The fourth-order valence-corrected chi connectivity index (χ4v) is 2.04. The highest BCUT2D eigenvalue weighted by molar-refractivity contribution is 9.11. The Hall–Kier alpha value is -0.300. The zero-order valence-electron chi connectivity index (χ0n) is 7.31. The van der Waals surface area contributed by atoms with Gasteiger partial charge in [-0.25, -0.2) is 0 Å². The summed E-state index contributed by atoms with van der Waals surface area (Å²) in [4.78, 5) is 0. The summed E-state index contributed by atoms with van der Waals surface area (Å²) in [7, 11) is 0. The lowest BCUT2D eigenvalue weighted by Crippen LogP contribution is -1.83. The quantitative estimate of drug-likeness (QED) is 0.682. The normalized spacial score (nSPS) is 11.9. The minimum absolute atomic E-state index is 0.473. The van der Waals surface area contributed by atoms with Crippen molar-refractivity contribution in [3.63, 3.8) is 0 Å². The van der Waals surface area contributed by atoms with Gasteiger partial charge in [-0.3, -0.25) is 0 Å². The molecule has 0 atom stereocenters. The third-order valence-corrected chi connectivity index (χ3v) is 3.33. The molecule has 14 heavy (non-hydrogen) atoms. The van der Waals surface area contributed by atoms with E-state index in [1.54, 1.807) is 6.92 Å². The van der Waals surface area contributed by atoms with Crippen LogP contribution in [0.2, 0.25) is 0 Å². The topological polar surface area (TPSA) is 23.8 Å². The Morgan fingerprint density at radius 3 is 2.64 bits per heavy atom. The molecule has 0 aromatic heterocycles. The Balaban J connectivity index is 3.34. The average Bonchev–Trinajstić information content (AvgIpc) is 2.19. The van der Waals surface area contributed by atoms with E-state index in [1.165, 1.54) is 0 Å². The van der Waals surface area contributed by atoms with Gasteiger partial charge in [0.25, 0.3) is 0 Å². The number of hydrogen-bond acceptors (Lipinski definition) is 1. The molecular formula is C10H6Br2ClN. The van der Waals surface area contributed by atoms with Gasteiger partial charge in [0.1, 0.15) is 0 Å². The number of nitrogens with zero attached hydrogens (tertiary/aromatic N) is 1. The number of halogens is 3. The molecule has 1 aromatic carbocycles. The zero-order chi connectivity index (χ0) is 10.7. The standard InChI is InChI=1S/C10H6Br2ClN/c1-6(5-14)10(13)8-4-7(11)2-3-9(8)12/h2-4H,1H3/b10-6-. The van der Waals surface area contributed by atoms with Gasteiger partial charge in [0.05, 0.1) is 11.1 Å². The van der Waals surface area contributed by atoms with Crippen molar-refractivity contribution in [2.45, 2.75) is 6.92 Å². The first-order valence-corrected chi connectivity index (χ1v) is 5.74. The van der Waals surface area contributed by atoms with Crippen LogP contribution in [0.5, 0.6) is 0 Å². The van der Waals surface area contributed by atoms with Crippen LogP contribution in [-0.2, 0) is 0 Å². The summed E-state index contributed by atoms with van der Waals surface area (Å²) in [5.74, 6) is 0. The average molecular weight is 335 g/mol. The predicted molar refractivity (Wildman–Crippen MR) is 65.9 cm³/mol. The fourth-order valence-electron chi connectivity index (χ4n) is 0.917. The molecule has 0 heterocycles. The predicted octanol–water partition coefficient (Wildman–Crippen LogP) is 4.70. The molecule has 0 unspecified atom stereocenters. The van der Waals surface area contributed by atoms with E-state index in [9.17, 15) is 0 Å². The Morgan fingerprint density at radius 1 is 1.43 bits per heavy atom. The van der Waals surface area contributed by atoms with Crippen LogP contribution in [0.15, 0.2) is 32.7 Å². The van der Waals surface area contributed by atoms with Crippen LogP contribution in [-0.4, -0.2) is 0 Å². The largest absolute Gasteiger partial charge is 0.193 e. The maximum absolute atomic E-state index is 8.71. The van der Waals surface area contributed by atoms with E-state index in [-0.39, 0.29) is 0 Å². The van der Waals surface area contributed by atoms with Crippen LogP contribution < -0.4 is 0 Å². The molecule has 4 heteroatoms. The van der Waals surface area contributed by atoms with Crippen LogP contribution >= 0.6 is 43.5 Å². The Kier molecular flexibility index (Phi) is 4.18. The summed E-state index contributed by atoms with van der Waals surface area (Å²) in [6, 6.07) is 7.67. The van der Waals surface area contributed by atoms with Crippen molar-refractivity contribution >= 4 is 48.5 Å². The summed E-state index contributed by atoms with van der Waals surface area (Å²) in [6.45, 7) is 1.69. The highest BCUT2D eigenvalue weighted by atomic mass is 79.9. The molecule has 0 bridgehead atoms. The Labute approximate surface area is 105 Å². The van der Waals surface area contributed by atoms with E-state index < -0.39 is 0 Å². The molecule has 1 aromatic rings. The van der Waals surface area contributed by atoms with Crippen LogP contribution in [0, 0.1) is 11.3 Å². The molecule has 0 aliphatic rings. The van der Waals surface area contributed by atoms with Crippen LogP contribution in [0.3, 0.4) is 0 Å². The first-order chi connectivity index (χ1) is 6.56. The summed E-state index contributed by atoms with van der Waals surface area (Å²) in [6.07, 6.45) is 0. The van der Waals surface area contributed by atoms with E-state index >= 15 is 0 Å². The van der Waals surface area contributed by atoms with Crippen molar-refractivity contribution < 1.29 is 0 Å². The van der Waals surface area contributed by atoms with Gasteiger partial charge < -0.3 is 0 Å². The minimum Gasteiger partial charge on any atom is -0.193 e. The van der Waals surface area contributed by atoms with Gasteiger partial charge in [-0.15, -0.1) is 0 Å². The zero-order valence-corrected chi connectivity index (χ0v) is 11.2. The number of benzene rings is 1. The minimum atomic E-state index is 0.473. The maximum Gasteiger partial charge on any atom is 0.0959 e. The summed E-state index contributed by atoms with van der Waals surface area (Å²) < 4.78 is 1.81. The van der Waals surface area contributed by atoms with Crippen molar-refractivity contribution in [2.75, 3.05) is 0 Å². The Bertz CT molecular complexity index is 432. The lowest BCUT2D eigenvalue weighted by atomic mass is 10.1. The highest BCUT2D eigenvalue weighted by Crippen LogP contribution is 2.31. The fraction of sp³-hybridized carbons (Fsp3) is 0.100. The smallest absolute Gasteiger partial charge is 0.0959 e. The molecule has 0 aliphatic carbocycles. The van der Waals surface area contributed by atoms with Crippen molar-refractivity contribution in [3.05, 3.63) is 38.3 Å². The van der Waals surface area contributed by atoms with Gasteiger partial charge in [0, 0.05) is 20.1 Å². The van der Waals surface area contributed by atoms with Gasteiger partial charge in [-0.2, -0.15) is 5.26 Å². The van der Waals surface area contributed by atoms with E-state index in [0.717, 1.165) is 14.5 Å². The van der Waals surface area contributed by atoms with Crippen molar-refractivity contribution in [3.8, 4) is 6.07 Å². The first kappa shape index (κ1) is 11.8. The molecule has 72 valence electrons. The number of nitriles is 1. The summed E-state index contributed by atoms with van der Waals surface area (Å²) in [5, 5.41) is 9.18. The second-order valence-corrected chi connectivity index (χ2v) is 4.82. The van der Waals surface area contributed by atoms with Crippen LogP contribution in [0.4, 0.5) is 0 Å². The Morgan fingerprint density at radius 2 is 2.07 bits per heavy atom. The van der Waals surface area contributed by atoms with Gasteiger partial charge in [-0.05, 0) is 25.1 Å². The molecule has 1 rings (SSSR count).